The first-order chi connectivity index (χ1) is 8.41. The Bertz CT molecular complexity index is 215. The van der Waals surface area contributed by atoms with Crippen LogP contribution in [0.1, 0.15) is 79.1 Å². The van der Waals surface area contributed by atoms with Gasteiger partial charge in [-0.1, -0.05) is 27.7 Å². The molecule has 106 valence electrons. The molecule has 0 aliphatic rings. The molecule has 0 N–H and O–H groups in total. The number of carbonyl (C=O) groups is 2. The van der Waals surface area contributed by atoms with Gasteiger partial charge < -0.3 is 0 Å². The zero-order chi connectivity index (χ0) is 14.0. The lowest BCUT2D eigenvalue weighted by atomic mass is 10.00. The molecule has 0 aromatic carbocycles. The van der Waals surface area contributed by atoms with Gasteiger partial charge in [-0.25, -0.2) is 0 Å². The molecule has 0 aliphatic carbocycles. The van der Waals surface area contributed by atoms with Gasteiger partial charge in [0.2, 0.25) is 0 Å². The molecule has 2 heteroatoms. The molecule has 0 saturated carbocycles. The Morgan fingerprint density at radius 2 is 1.00 bits per heavy atom. The third-order valence-corrected chi connectivity index (χ3v) is 3.16. The quantitative estimate of drug-likeness (QED) is 0.507. The standard InChI is InChI=1S/C16H30O2/c1-13(2)9-11-15(17)7-5-6-8-16(18)12-10-14(3)4/h13-14H,5-12H2,1-4H3. The summed E-state index contributed by atoms with van der Waals surface area (Å²) in [5, 5.41) is 0. The van der Waals surface area contributed by atoms with Crippen LogP contribution in [0.25, 0.3) is 0 Å². The lowest BCUT2D eigenvalue weighted by Crippen LogP contribution is -2.03. The van der Waals surface area contributed by atoms with Gasteiger partial charge in [-0.05, 0) is 37.5 Å². The van der Waals surface area contributed by atoms with E-state index in [0.29, 0.717) is 49.1 Å². The molecule has 18 heavy (non-hydrogen) atoms. The second-order valence-corrected chi connectivity index (χ2v) is 6.15. The summed E-state index contributed by atoms with van der Waals surface area (Å²) in [7, 11) is 0. The Morgan fingerprint density at radius 1 is 0.667 bits per heavy atom. The van der Waals surface area contributed by atoms with Crippen LogP contribution >= 0.6 is 0 Å². The van der Waals surface area contributed by atoms with Gasteiger partial charge in [0.15, 0.2) is 0 Å². The van der Waals surface area contributed by atoms with Crippen molar-refractivity contribution < 1.29 is 9.59 Å². The van der Waals surface area contributed by atoms with E-state index >= 15 is 0 Å². The number of hydrogen-bond donors (Lipinski definition) is 0. The highest BCUT2D eigenvalue weighted by Gasteiger charge is 2.06. The van der Waals surface area contributed by atoms with Crippen LogP contribution in [0.5, 0.6) is 0 Å². The van der Waals surface area contributed by atoms with E-state index in [1.807, 2.05) is 0 Å². The van der Waals surface area contributed by atoms with Gasteiger partial charge in [-0.15, -0.1) is 0 Å². The van der Waals surface area contributed by atoms with Crippen molar-refractivity contribution in [2.45, 2.75) is 79.1 Å². The van der Waals surface area contributed by atoms with Crippen molar-refractivity contribution in [1.29, 1.82) is 0 Å². The van der Waals surface area contributed by atoms with Gasteiger partial charge in [0, 0.05) is 25.7 Å². The highest BCUT2D eigenvalue weighted by atomic mass is 16.1. The minimum Gasteiger partial charge on any atom is -0.300 e. The van der Waals surface area contributed by atoms with Gasteiger partial charge in [0.25, 0.3) is 0 Å². The molecule has 0 amide bonds. The largest absolute Gasteiger partial charge is 0.300 e. The van der Waals surface area contributed by atoms with E-state index in [9.17, 15) is 9.59 Å². The van der Waals surface area contributed by atoms with Crippen LogP contribution in [0.4, 0.5) is 0 Å². The Balaban J connectivity index is 3.44. The van der Waals surface area contributed by atoms with Crippen molar-refractivity contribution in [2.75, 3.05) is 0 Å². The number of hydrogen-bond acceptors (Lipinski definition) is 2. The number of rotatable bonds is 11. The van der Waals surface area contributed by atoms with E-state index in [-0.39, 0.29) is 0 Å². The van der Waals surface area contributed by atoms with Crippen molar-refractivity contribution in [3.8, 4) is 0 Å². The fourth-order valence-electron chi connectivity index (χ4n) is 1.79. The second kappa shape index (κ2) is 10.3. The van der Waals surface area contributed by atoms with Crippen LogP contribution < -0.4 is 0 Å². The van der Waals surface area contributed by atoms with Crippen molar-refractivity contribution >= 4 is 11.6 Å². The molecule has 0 aromatic rings. The molecular weight excluding hydrogens is 224 g/mol. The fraction of sp³-hybridized carbons (Fsp3) is 0.875. The zero-order valence-corrected chi connectivity index (χ0v) is 12.6. The molecule has 0 aromatic heterocycles. The molecule has 0 unspecified atom stereocenters. The van der Waals surface area contributed by atoms with Crippen molar-refractivity contribution in [3.05, 3.63) is 0 Å². The third kappa shape index (κ3) is 11.8. The first-order valence-electron chi connectivity index (χ1n) is 7.45. The first kappa shape index (κ1) is 17.3. The lowest BCUT2D eigenvalue weighted by molar-refractivity contribution is -0.121. The summed E-state index contributed by atoms with van der Waals surface area (Å²) in [6.45, 7) is 8.56. The molecule has 0 rings (SSSR count). The van der Waals surface area contributed by atoms with Crippen molar-refractivity contribution in [1.82, 2.24) is 0 Å². The van der Waals surface area contributed by atoms with Gasteiger partial charge in [0.1, 0.15) is 11.6 Å². The number of Topliss-reactive ketones (excluding diaryl/α,β-unsaturated/α-hetero) is 2. The zero-order valence-electron chi connectivity index (χ0n) is 12.6. The molecule has 0 spiro atoms. The highest BCUT2D eigenvalue weighted by Crippen LogP contribution is 2.11. The Morgan fingerprint density at radius 3 is 1.28 bits per heavy atom. The molecule has 0 fully saturated rings. The first-order valence-corrected chi connectivity index (χ1v) is 7.45. The summed E-state index contributed by atoms with van der Waals surface area (Å²) in [5.41, 5.74) is 0. The topological polar surface area (TPSA) is 34.1 Å². The Labute approximate surface area is 113 Å². The van der Waals surface area contributed by atoms with Crippen LogP contribution in [0, 0.1) is 11.8 Å². The van der Waals surface area contributed by atoms with E-state index in [4.69, 9.17) is 0 Å². The Kier molecular flexibility index (Phi) is 9.90. The van der Waals surface area contributed by atoms with E-state index in [1.165, 1.54) is 0 Å². The summed E-state index contributed by atoms with van der Waals surface area (Å²) in [5.74, 6) is 1.93. The minimum absolute atomic E-state index is 0.360. The summed E-state index contributed by atoms with van der Waals surface area (Å²) >= 11 is 0. The molecule has 0 atom stereocenters. The number of ketones is 2. The van der Waals surface area contributed by atoms with Crippen LogP contribution in [0.15, 0.2) is 0 Å². The molecule has 0 bridgehead atoms. The number of carbonyl (C=O) groups excluding carboxylic acids is 2. The van der Waals surface area contributed by atoms with Gasteiger partial charge in [-0.2, -0.15) is 0 Å². The predicted molar refractivity (Wildman–Crippen MR) is 76.6 cm³/mol. The normalized spacial score (nSPS) is 11.2. The fourth-order valence-corrected chi connectivity index (χ4v) is 1.79. The molecular formula is C16H30O2. The van der Waals surface area contributed by atoms with Crippen molar-refractivity contribution in [2.24, 2.45) is 11.8 Å². The average molecular weight is 254 g/mol. The average Bonchev–Trinajstić information content (AvgIpc) is 2.29. The molecule has 2 nitrogen and oxygen atoms in total. The van der Waals surface area contributed by atoms with Crippen LogP contribution in [0.2, 0.25) is 0 Å². The van der Waals surface area contributed by atoms with Crippen LogP contribution in [0.3, 0.4) is 0 Å². The van der Waals surface area contributed by atoms with Crippen LogP contribution in [-0.2, 0) is 9.59 Å². The summed E-state index contributed by atoms with van der Waals surface area (Å²) in [6.07, 6.45) is 6.47. The van der Waals surface area contributed by atoms with E-state index in [2.05, 4.69) is 27.7 Å². The summed E-state index contributed by atoms with van der Waals surface area (Å²) < 4.78 is 0. The monoisotopic (exact) mass is 254 g/mol. The van der Waals surface area contributed by atoms with Crippen molar-refractivity contribution in [3.63, 3.8) is 0 Å². The summed E-state index contributed by atoms with van der Waals surface area (Å²) in [4.78, 5) is 23.0. The lowest BCUT2D eigenvalue weighted by Gasteiger charge is -2.05. The Hall–Kier alpha value is -0.660. The maximum absolute atomic E-state index is 11.5. The number of unbranched alkanes of at least 4 members (excludes halogenated alkanes) is 1. The minimum atomic E-state index is 0.360. The van der Waals surface area contributed by atoms with Crippen LogP contribution in [-0.4, -0.2) is 11.6 Å². The molecule has 0 heterocycles. The van der Waals surface area contributed by atoms with E-state index < -0.39 is 0 Å². The SMILES string of the molecule is CC(C)CCC(=O)CCCCC(=O)CCC(C)C. The van der Waals surface area contributed by atoms with Gasteiger partial charge >= 0.3 is 0 Å². The maximum Gasteiger partial charge on any atom is 0.132 e. The smallest absolute Gasteiger partial charge is 0.132 e. The predicted octanol–water partition coefficient (Wildman–Crippen LogP) is 4.56. The maximum atomic E-state index is 11.5. The van der Waals surface area contributed by atoms with Gasteiger partial charge in [-0.3, -0.25) is 9.59 Å². The third-order valence-electron chi connectivity index (χ3n) is 3.16. The van der Waals surface area contributed by atoms with Gasteiger partial charge in [0.05, 0.1) is 0 Å². The molecule has 0 saturated heterocycles. The molecule has 0 radical (unpaired) electrons. The highest BCUT2D eigenvalue weighted by molar-refractivity contribution is 5.79. The van der Waals surface area contributed by atoms with E-state index in [1.54, 1.807) is 0 Å². The van der Waals surface area contributed by atoms with E-state index in [0.717, 1.165) is 25.7 Å². The summed E-state index contributed by atoms with van der Waals surface area (Å²) in [6, 6.07) is 0. The molecule has 0 aliphatic heterocycles. The second-order valence-electron chi connectivity index (χ2n) is 6.15.